The van der Waals surface area contributed by atoms with Crippen LogP contribution in [0.2, 0.25) is 5.02 Å². The van der Waals surface area contributed by atoms with Crippen LogP contribution in [0.15, 0.2) is 47.8 Å². The van der Waals surface area contributed by atoms with E-state index < -0.39 is 0 Å². The third-order valence-corrected chi connectivity index (χ3v) is 4.98. The molecule has 2 aromatic carbocycles. The Balaban J connectivity index is 2.11. The van der Waals surface area contributed by atoms with E-state index in [1.54, 1.807) is 11.3 Å². The van der Waals surface area contributed by atoms with Crippen LogP contribution in [0.5, 0.6) is 0 Å². The van der Waals surface area contributed by atoms with Crippen LogP contribution in [-0.4, -0.2) is 7.05 Å². The van der Waals surface area contributed by atoms with Crippen molar-refractivity contribution < 1.29 is 0 Å². The molecule has 3 rings (SSSR count). The van der Waals surface area contributed by atoms with Crippen molar-refractivity contribution in [2.24, 2.45) is 0 Å². The Morgan fingerprint density at radius 1 is 1.15 bits per heavy atom. The average Bonchev–Trinajstić information content (AvgIpc) is 2.94. The van der Waals surface area contributed by atoms with E-state index in [2.05, 4.69) is 60.1 Å². The van der Waals surface area contributed by atoms with Crippen molar-refractivity contribution >= 4 is 33.0 Å². The molecule has 1 nitrogen and oxygen atoms in total. The summed E-state index contributed by atoms with van der Waals surface area (Å²) in [6, 6.07) is 15.2. The highest BCUT2D eigenvalue weighted by Gasteiger charge is 2.10. The number of benzene rings is 2. The second-order valence-electron chi connectivity index (χ2n) is 4.89. The highest BCUT2D eigenvalue weighted by molar-refractivity contribution is 7.17. The number of thiophene rings is 1. The summed E-state index contributed by atoms with van der Waals surface area (Å²) < 4.78 is 1.32. The lowest BCUT2D eigenvalue weighted by Crippen LogP contribution is -2.12. The summed E-state index contributed by atoms with van der Waals surface area (Å²) in [4.78, 5) is 0. The standard InChI is InChI=1S/C17H16ClNS/c1-11(19-2)14-7-6-13(10-16(14)18)15-5-3-4-12-8-9-20-17(12)15/h3-11,19H,1-2H3. The highest BCUT2D eigenvalue weighted by atomic mass is 35.5. The number of rotatable bonds is 3. The third-order valence-electron chi connectivity index (χ3n) is 3.69. The molecule has 0 aliphatic rings. The van der Waals surface area contributed by atoms with Crippen LogP contribution in [0.3, 0.4) is 0 Å². The Kier molecular flexibility index (Phi) is 3.79. The van der Waals surface area contributed by atoms with Gasteiger partial charge in [-0.1, -0.05) is 41.9 Å². The Morgan fingerprint density at radius 3 is 2.75 bits per heavy atom. The molecule has 1 atom stereocenters. The molecule has 3 heteroatoms. The van der Waals surface area contributed by atoms with E-state index in [1.165, 1.54) is 21.2 Å². The van der Waals surface area contributed by atoms with Gasteiger partial charge in [-0.2, -0.15) is 0 Å². The largest absolute Gasteiger partial charge is 0.313 e. The Hall–Kier alpha value is -1.35. The van der Waals surface area contributed by atoms with Crippen LogP contribution in [0.1, 0.15) is 18.5 Å². The zero-order valence-corrected chi connectivity index (χ0v) is 13.1. The van der Waals surface area contributed by atoms with Crippen LogP contribution < -0.4 is 5.32 Å². The normalized spacial score (nSPS) is 12.8. The van der Waals surface area contributed by atoms with E-state index >= 15 is 0 Å². The molecule has 0 aliphatic heterocycles. The van der Waals surface area contributed by atoms with Crippen molar-refractivity contribution in [2.75, 3.05) is 7.05 Å². The molecule has 0 saturated carbocycles. The van der Waals surface area contributed by atoms with Crippen LogP contribution in [0.25, 0.3) is 21.2 Å². The van der Waals surface area contributed by atoms with E-state index in [-0.39, 0.29) is 6.04 Å². The van der Waals surface area contributed by atoms with Crippen molar-refractivity contribution in [2.45, 2.75) is 13.0 Å². The van der Waals surface area contributed by atoms with Crippen LogP contribution in [0, 0.1) is 0 Å². The van der Waals surface area contributed by atoms with E-state index in [1.807, 2.05) is 7.05 Å². The monoisotopic (exact) mass is 301 g/mol. The topological polar surface area (TPSA) is 12.0 Å². The minimum absolute atomic E-state index is 0.258. The van der Waals surface area contributed by atoms with Gasteiger partial charge in [0.25, 0.3) is 0 Å². The maximum atomic E-state index is 6.44. The van der Waals surface area contributed by atoms with Crippen molar-refractivity contribution in [3.05, 3.63) is 58.4 Å². The van der Waals surface area contributed by atoms with Crippen molar-refractivity contribution in [1.29, 1.82) is 0 Å². The Labute approximate surface area is 128 Å². The van der Waals surface area contributed by atoms with Crippen LogP contribution in [0.4, 0.5) is 0 Å². The summed E-state index contributed by atoms with van der Waals surface area (Å²) in [5.74, 6) is 0. The first-order chi connectivity index (χ1) is 9.70. The van der Waals surface area contributed by atoms with Gasteiger partial charge in [-0.3, -0.25) is 0 Å². The first-order valence-corrected chi connectivity index (χ1v) is 7.90. The van der Waals surface area contributed by atoms with Crippen molar-refractivity contribution in [3.8, 4) is 11.1 Å². The first kappa shape index (κ1) is 13.6. The van der Waals surface area contributed by atoms with E-state index in [0.29, 0.717) is 0 Å². The molecular formula is C17H16ClNS. The van der Waals surface area contributed by atoms with Crippen LogP contribution >= 0.6 is 22.9 Å². The van der Waals surface area contributed by atoms with E-state index in [0.717, 1.165) is 10.6 Å². The number of fused-ring (bicyclic) bond motifs is 1. The smallest absolute Gasteiger partial charge is 0.0459 e. The molecule has 20 heavy (non-hydrogen) atoms. The summed E-state index contributed by atoms with van der Waals surface area (Å²) in [6.07, 6.45) is 0. The fourth-order valence-corrected chi connectivity index (χ4v) is 3.70. The second kappa shape index (κ2) is 5.57. The SMILES string of the molecule is CNC(C)c1ccc(-c2cccc3ccsc23)cc1Cl. The third kappa shape index (κ3) is 2.35. The Bertz CT molecular complexity index is 748. The summed E-state index contributed by atoms with van der Waals surface area (Å²) in [6.45, 7) is 2.11. The van der Waals surface area contributed by atoms with Gasteiger partial charge in [-0.15, -0.1) is 11.3 Å². The lowest BCUT2D eigenvalue weighted by Gasteiger charge is -2.14. The molecule has 0 radical (unpaired) electrons. The predicted octanol–water partition coefficient (Wildman–Crippen LogP) is 5.50. The van der Waals surface area contributed by atoms with E-state index in [4.69, 9.17) is 11.6 Å². The fourth-order valence-electron chi connectivity index (χ4n) is 2.42. The maximum Gasteiger partial charge on any atom is 0.0459 e. The van der Waals surface area contributed by atoms with Gasteiger partial charge in [0, 0.05) is 15.8 Å². The second-order valence-corrected chi connectivity index (χ2v) is 6.21. The van der Waals surface area contributed by atoms with Gasteiger partial charge in [-0.05, 0) is 53.6 Å². The molecule has 1 heterocycles. The molecule has 1 N–H and O–H groups in total. The Morgan fingerprint density at radius 2 is 2.00 bits per heavy atom. The number of hydrogen-bond donors (Lipinski definition) is 1. The molecule has 0 amide bonds. The van der Waals surface area contributed by atoms with Gasteiger partial charge >= 0.3 is 0 Å². The molecule has 0 spiro atoms. The van der Waals surface area contributed by atoms with Gasteiger partial charge in [0.2, 0.25) is 0 Å². The molecule has 0 fully saturated rings. The van der Waals surface area contributed by atoms with Gasteiger partial charge in [0.1, 0.15) is 0 Å². The van der Waals surface area contributed by atoms with Gasteiger partial charge in [0.05, 0.1) is 0 Å². The predicted molar refractivity (Wildman–Crippen MR) is 89.7 cm³/mol. The van der Waals surface area contributed by atoms with Crippen molar-refractivity contribution in [3.63, 3.8) is 0 Å². The summed E-state index contributed by atoms with van der Waals surface area (Å²) in [5.41, 5.74) is 3.56. The molecular weight excluding hydrogens is 286 g/mol. The molecule has 0 aliphatic carbocycles. The molecule has 1 unspecified atom stereocenters. The van der Waals surface area contributed by atoms with E-state index in [9.17, 15) is 0 Å². The van der Waals surface area contributed by atoms with Gasteiger partial charge < -0.3 is 5.32 Å². The number of nitrogens with one attached hydrogen (secondary N) is 1. The highest BCUT2D eigenvalue weighted by Crippen LogP contribution is 2.35. The molecule has 0 bridgehead atoms. The first-order valence-electron chi connectivity index (χ1n) is 6.64. The summed E-state index contributed by atoms with van der Waals surface area (Å²) >= 11 is 8.22. The maximum absolute atomic E-state index is 6.44. The zero-order valence-electron chi connectivity index (χ0n) is 11.5. The average molecular weight is 302 g/mol. The molecule has 1 aromatic heterocycles. The van der Waals surface area contributed by atoms with Gasteiger partial charge in [0.15, 0.2) is 0 Å². The number of halogens is 1. The minimum atomic E-state index is 0.258. The number of hydrogen-bond acceptors (Lipinski definition) is 2. The van der Waals surface area contributed by atoms with Crippen LogP contribution in [-0.2, 0) is 0 Å². The quantitative estimate of drug-likeness (QED) is 0.673. The lowest BCUT2D eigenvalue weighted by molar-refractivity contribution is 0.652. The zero-order chi connectivity index (χ0) is 14.1. The summed E-state index contributed by atoms with van der Waals surface area (Å²) in [7, 11) is 1.95. The molecule has 102 valence electrons. The molecule has 3 aromatic rings. The summed E-state index contributed by atoms with van der Waals surface area (Å²) in [5, 5.41) is 7.46. The van der Waals surface area contributed by atoms with Gasteiger partial charge in [-0.25, -0.2) is 0 Å². The molecule has 0 saturated heterocycles. The fraction of sp³-hybridized carbons (Fsp3) is 0.176. The minimum Gasteiger partial charge on any atom is -0.313 e. The lowest BCUT2D eigenvalue weighted by atomic mass is 10.0. The van der Waals surface area contributed by atoms with Crippen molar-refractivity contribution in [1.82, 2.24) is 5.32 Å².